The van der Waals surface area contributed by atoms with Crippen molar-refractivity contribution in [3.8, 4) is 0 Å². The van der Waals surface area contributed by atoms with E-state index in [1.165, 1.54) is 87.0 Å². The van der Waals surface area contributed by atoms with Crippen LogP contribution in [-0.2, 0) is 19.7 Å². The largest absolute Gasteiger partial charge is 0.502 e. The van der Waals surface area contributed by atoms with Crippen molar-refractivity contribution in [3.05, 3.63) is 56.9 Å². The molecular formula is C26H31F6N2O4S2+. The highest BCUT2D eigenvalue weighted by atomic mass is 32.2. The summed E-state index contributed by atoms with van der Waals surface area (Å²) in [7, 11) is -13.1. The molecule has 222 valence electrons. The number of nitrogens with zero attached hydrogens (tertiary/aromatic N) is 1. The first-order chi connectivity index (χ1) is 18.4. The quantitative estimate of drug-likeness (QED) is 0.298. The van der Waals surface area contributed by atoms with Gasteiger partial charge < -0.3 is 4.48 Å². The maximum atomic E-state index is 13.0. The molecule has 0 aromatic heterocycles. The standard InChI is InChI=1S/C15H7F6NO4S2.C11H24N/c16-14(17,18)27(23,24)11-6-9-8-4-2-1-3-7(8)5-10(9)12(22)13(11)28(25,26)15(19,20)21;1-3-5-9-12(4-2)10-7-6-8-11-12/h1-6,22H;3-11H2,1-2H3/q;+1. The van der Waals surface area contributed by atoms with Gasteiger partial charge in [-0.2, -0.15) is 26.3 Å². The lowest BCUT2D eigenvalue weighted by Crippen LogP contribution is -2.51. The van der Waals surface area contributed by atoms with Crippen molar-refractivity contribution >= 4 is 37.0 Å². The van der Waals surface area contributed by atoms with E-state index in [1.807, 2.05) is 0 Å². The third-order valence-corrected chi connectivity index (χ3v) is 10.6. The summed E-state index contributed by atoms with van der Waals surface area (Å²) >= 11 is 0. The molecule has 14 heteroatoms. The van der Waals surface area contributed by atoms with Crippen LogP contribution < -0.4 is 0 Å². The second-order valence-electron chi connectivity index (χ2n) is 9.91. The number of quaternary nitrogens is 1. The maximum absolute atomic E-state index is 13.0. The molecule has 4 rings (SSSR count). The monoisotopic (exact) mass is 613 g/mol. The van der Waals surface area contributed by atoms with E-state index in [1.54, 1.807) is 0 Å². The first-order valence-corrected chi connectivity index (χ1v) is 15.7. The van der Waals surface area contributed by atoms with Crippen LogP contribution in [0.3, 0.4) is 0 Å². The Morgan fingerprint density at radius 2 is 1.40 bits per heavy atom. The molecule has 0 saturated carbocycles. The number of allylic oxidation sites excluding steroid dienone is 4. The predicted molar refractivity (Wildman–Crippen MR) is 141 cm³/mol. The Kier molecular flexibility index (Phi) is 9.17. The molecule has 1 heterocycles. The van der Waals surface area contributed by atoms with Crippen LogP contribution in [0, 0.1) is 5.41 Å². The molecule has 1 aromatic rings. The highest BCUT2D eigenvalue weighted by molar-refractivity contribution is 8.00. The van der Waals surface area contributed by atoms with E-state index < -0.39 is 51.8 Å². The number of sulfone groups is 2. The number of halogens is 6. The Morgan fingerprint density at radius 3 is 1.93 bits per heavy atom. The van der Waals surface area contributed by atoms with Crippen LogP contribution in [0.25, 0.3) is 11.6 Å². The molecule has 1 N–H and O–H groups in total. The lowest BCUT2D eigenvalue weighted by atomic mass is 9.95. The van der Waals surface area contributed by atoms with Gasteiger partial charge in [0.15, 0.2) is 0 Å². The van der Waals surface area contributed by atoms with E-state index >= 15 is 0 Å². The normalized spacial score (nSPS) is 19.2. The molecule has 0 amide bonds. The Hall–Kier alpha value is -2.45. The minimum Gasteiger partial charge on any atom is -0.324 e. The summed E-state index contributed by atoms with van der Waals surface area (Å²) in [4.78, 5) is -4.38. The molecule has 0 unspecified atom stereocenters. The van der Waals surface area contributed by atoms with Crippen LogP contribution in [0.5, 0.6) is 0 Å². The fraction of sp³-hybridized carbons (Fsp3) is 0.500. The number of rotatable bonds is 6. The summed E-state index contributed by atoms with van der Waals surface area (Å²) in [5, 5.41) is 7.82. The number of alkyl halides is 6. The zero-order valence-electron chi connectivity index (χ0n) is 22.0. The van der Waals surface area contributed by atoms with Crippen molar-refractivity contribution < 1.29 is 47.7 Å². The Bertz CT molecular complexity index is 1460. The molecule has 1 fully saturated rings. The fourth-order valence-corrected chi connectivity index (χ4v) is 7.59. The molecule has 0 radical (unpaired) electrons. The van der Waals surface area contributed by atoms with Crippen molar-refractivity contribution in [2.24, 2.45) is 0 Å². The zero-order chi connectivity index (χ0) is 30.1. The number of benzene rings is 1. The average molecular weight is 614 g/mol. The number of piperidine rings is 1. The third kappa shape index (κ3) is 5.94. The molecular weight excluding hydrogens is 582 g/mol. The number of nitrogens with one attached hydrogen (secondary N) is 1. The molecule has 3 aliphatic rings. The SMILES string of the molecule is CCCC[N+]1(CC)CCCCC1.N=C1C2=Cc3ccccc3C2=CC(S(=O)(=O)C(F)(F)F)=C1S(=O)(=O)C(F)(F)F. The van der Waals surface area contributed by atoms with Crippen LogP contribution in [-0.4, -0.2) is 64.2 Å². The summed E-state index contributed by atoms with van der Waals surface area (Å²) in [5.41, 5.74) is -13.9. The number of likely N-dealkylation sites (tertiary alicyclic amines) is 1. The Labute approximate surface area is 230 Å². The average Bonchev–Trinajstić information content (AvgIpc) is 3.26. The van der Waals surface area contributed by atoms with Crippen LogP contribution in [0.15, 0.2) is 45.7 Å². The first kappa shape index (κ1) is 32.1. The molecule has 1 aromatic carbocycles. The van der Waals surface area contributed by atoms with Crippen molar-refractivity contribution in [1.29, 1.82) is 5.41 Å². The molecule has 0 bridgehead atoms. The van der Waals surface area contributed by atoms with Gasteiger partial charge in [-0.25, -0.2) is 16.8 Å². The van der Waals surface area contributed by atoms with E-state index in [2.05, 4.69) is 13.8 Å². The van der Waals surface area contributed by atoms with Gasteiger partial charge in [-0.1, -0.05) is 37.6 Å². The molecule has 0 atom stereocenters. The number of unbranched alkanes of at least 4 members (excludes halogenated alkanes) is 1. The maximum Gasteiger partial charge on any atom is 0.502 e. The highest BCUT2D eigenvalue weighted by Crippen LogP contribution is 2.47. The Morgan fingerprint density at radius 1 is 0.825 bits per heavy atom. The first-order valence-electron chi connectivity index (χ1n) is 12.8. The summed E-state index contributed by atoms with van der Waals surface area (Å²) in [5.74, 6) is 0. The summed E-state index contributed by atoms with van der Waals surface area (Å²) in [6, 6.07) is 5.69. The van der Waals surface area contributed by atoms with E-state index in [0.717, 1.165) is 6.08 Å². The fourth-order valence-electron chi connectivity index (χ4n) is 5.13. The summed E-state index contributed by atoms with van der Waals surface area (Å²) in [6.45, 7) is 10.4. The van der Waals surface area contributed by atoms with Crippen molar-refractivity contribution in [2.75, 3.05) is 26.2 Å². The van der Waals surface area contributed by atoms with Gasteiger partial charge in [0.05, 0.1) is 36.8 Å². The Balaban J connectivity index is 0.000000307. The van der Waals surface area contributed by atoms with Crippen LogP contribution in [0.4, 0.5) is 26.3 Å². The smallest absolute Gasteiger partial charge is 0.324 e. The molecule has 6 nitrogen and oxygen atoms in total. The minimum absolute atomic E-state index is 0.153. The lowest BCUT2D eigenvalue weighted by Gasteiger charge is -2.40. The van der Waals surface area contributed by atoms with E-state index in [0.29, 0.717) is 0 Å². The lowest BCUT2D eigenvalue weighted by molar-refractivity contribution is -0.931. The number of hydrogen-bond acceptors (Lipinski definition) is 5. The van der Waals surface area contributed by atoms with E-state index in [9.17, 15) is 43.2 Å². The minimum atomic E-state index is -6.58. The van der Waals surface area contributed by atoms with Gasteiger partial charge in [-0.3, -0.25) is 5.41 Å². The molecule has 40 heavy (non-hydrogen) atoms. The van der Waals surface area contributed by atoms with Gasteiger partial charge >= 0.3 is 11.0 Å². The van der Waals surface area contributed by atoms with Crippen molar-refractivity contribution in [2.45, 2.75) is 57.0 Å². The van der Waals surface area contributed by atoms with Crippen molar-refractivity contribution in [3.63, 3.8) is 0 Å². The molecule has 0 spiro atoms. The van der Waals surface area contributed by atoms with Gasteiger partial charge in [0, 0.05) is 5.57 Å². The summed E-state index contributed by atoms with van der Waals surface area (Å²) in [6.07, 6.45) is 8.53. The van der Waals surface area contributed by atoms with Gasteiger partial charge in [0.2, 0.25) is 0 Å². The van der Waals surface area contributed by atoms with Gasteiger partial charge in [-0.15, -0.1) is 0 Å². The van der Waals surface area contributed by atoms with Crippen LogP contribution >= 0.6 is 0 Å². The molecule has 2 aliphatic carbocycles. The van der Waals surface area contributed by atoms with Crippen molar-refractivity contribution in [1.82, 2.24) is 0 Å². The van der Waals surface area contributed by atoms with E-state index in [4.69, 9.17) is 5.41 Å². The zero-order valence-corrected chi connectivity index (χ0v) is 23.6. The topological polar surface area (TPSA) is 92.1 Å². The number of fused-ring (bicyclic) bond motifs is 3. The predicted octanol–water partition coefficient (Wildman–Crippen LogP) is 6.39. The van der Waals surface area contributed by atoms with Crippen LogP contribution in [0.2, 0.25) is 0 Å². The van der Waals surface area contributed by atoms with Gasteiger partial charge in [0.25, 0.3) is 19.7 Å². The highest BCUT2D eigenvalue weighted by Gasteiger charge is 2.57. The number of hydrogen-bond donors (Lipinski definition) is 1. The van der Waals surface area contributed by atoms with Gasteiger partial charge in [0.1, 0.15) is 4.91 Å². The van der Waals surface area contributed by atoms with Gasteiger partial charge in [-0.05, 0) is 61.5 Å². The second kappa shape index (κ2) is 11.4. The second-order valence-corrected chi connectivity index (χ2v) is 13.7. The summed E-state index contributed by atoms with van der Waals surface area (Å²) < 4.78 is 127. The van der Waals surface area contributed by atoms with Crippen LogP contribution in [0.1, 0.15) is 57.1 Å². The molecule has 1 aliphatic heterocycles. The molecule has 1 saturated heterocycles. The third-order valence-electron chi connectivity index (χ3n) is 7.43. The van der Waals surface area contributed by atoms with E-state index in [-0.39, 0.29) is 22.8 Å².